The summed E-state index contributed by atoms with van der Waals surface area (Å²) in [5.74, 6) is 2.36. The molecule has 2 aromatic carbocycles. The van der Waals surface area contributed by atoms with Crippen LogP contribution in [0.4, 0.5) is 0 Å². The molecule has 0 bridgehead atoms. The average molecular weight is 418 g/mol. The smallest absolute Gasteiger partial charge is 0.153 e. The minimum Gasteiger partial charge on any atom is -0.457 e. The van der Waals surface area contributed by atoms with E-state index in [-0.39, 0.29) is 0 Å². The van der Waals surface area contributed by atoms with E-state index in [9.17, 15) is 4.79 Å². The number of carbonyl (C=O) groups excluding carboxylic acids is 1. The van der Waals surface area contributed by atoms with Gasteiger partial charge in [-0.1, -0.05) is 13.0 Å². The van der Waals surface area contributed by atoms with Crippen molar-refractivity contribution in [3.63, 3.8) is 0 Å². The van der Waals surface area contributed by atoms with Gasteiger partial charge in [0, 0.05) is 31.1 Å². The molecular formula is C25H27N3O3. The SMILES string of the molecule is CCc1ccc(C=O)c(Oc2ccc(-c3cnc(CN4CC5(COC5)C4)n3C)cc2)c1. The molecule has 31 heavy (non-hydrogen) atoms. The number of benzene rings is 2. The van der Waals surface area contributed by atoms with E-state index in [1.54, 1.807) is 0 Å². The molecule has 3 aromatic rings. The van der Waals surface area contributed by atoms with Crippen molar-refractivity contribution in [2.45, 2.75) is 19.9 Å². The largest absolute Gasteiger partial charge is 0.457 e. The van der Waals surface area contributed by atoms with E-state index in [0.717, 1.165) is 68.2 Å². The number of nitrogens with zero attached hydrogens (tertiary/aromatic N) is 3. The number of carbonyl (C=O) groups is 1. The van der Waals surface area contributed by atoms with E-state index in [4.69, 9.17) is 9.47 Å². The molecule has 0 atom stereocenters. The highest BCUT2D eigenvalue weighted by molar-refractivity contribution is 5.79. The van der Waals surface area contributed by atoms with Crippen LogP contribution in [-0.4, -0.2) is 47.0 Å². The van der Waals surface area contributed by atoms with Crippen LogP contribution in [0.15, 0.2) is 48.7 Å². The molecule has 1 aromatic heterocycles. The molecule has 0 amide bonds. The quantitative estimate of drug-likeness (QED) is 0.542. The Kier molecular flexibility index (Phi) is 5.12. The number of hydrogen-bond acceptors (Lipinski definition) is 5. The summed E-state index contributed by atoms with van der Waals surface area (Å²) in [6, 6.07) is 13.6. The van der Waals surface area contributed by atoms with Gasteiger partial charge < -0.3 is 14.0 Å². The highest BCUT2D eigenvalue weighted by atomic mass is 16.5. The summed E-state index contributed by atoms with van der Waals surface area (Å²) < 4.78 is 13.5. The Morgan fingerprint density at radius 1 is 1.16 bits per heavy atom. The molecule has 0 aliphatic carbocycles. The Hall–Kier alpha value is -2.96. The molecule has 2 aliphatic heterocycles. The Bertz CT molecular complexity index is 1090. The van der Waals surface area contributed by atoms with Crippen LogP contribution in [0.2, 0.25) is 0 Å². The Balaban J connectivity index is 1.28. The number of aldehydes is 1. The van der Waals surface area contributed by atoms with Gasteiger partial charge in [-0.05, 0) is 48.4 Å². The first kappa shape index (κ1) is 20.0. The van der Waals surface area contributed by atoms with Gasteiger partial charge in [-0.3, -0.25) is 9.69 Å². The summed E-state index contributed by atoms with van der Waals surface area (Å²) >= 11 is 0. The minimum atomic E-state index is 0.421. The van der Waals surface area contributed by atoms with E-state index < -0.39 is 0 Å². The van der Waals surface area contributed by atoms with Gasteiger partial charge in [0.05, 0.1) is 37.2 Å². The third-order valence-electron chi connectivity index (χ3n) is 6.38. The van der Waals surface area contributed by atoms with Crippen LogP contribution >= 0.6 is 0 Å². The fraction of sp³-hybridized carbons (Fsp3) is 0.360. The zero-order valence-corrected chi connectivity index (χ0v) is 18.0. The van der Waals surface area contributed by atoms with E-state index >= 15 is 0 Å². The van der Waals surface area contributed by atoms with E-state index in [1.165, 1.54) is 0 Å². The lowest BCUT2D eigenvalue weighted by Gasteiger charge is -2.55. The summed E-state index contributed by atoms with van der Waals surface area (Å²) in [4.78, 5) is 18.4. The minimum absolute atomic E-state index is 0.421. The molecule has 2 saturated heterocycles. The maximum atomic E-state index is 11.4. The second-order valence-electron chi connectivity index (χ2n) is 8.73. The second-order valence-corrected chi connectivity index (χ2v) is 8.73. The molecule has 0 radical (unpaired) electrons. The van der Waals surface area contributed by atoms with Gasteiger partial charge in [0.15, 0.2) is 6.29 Å². The molecule has 1 spiro atoms. The van der Waals surface area contributed by atoms with Crippen LogP contribution in [0.3, 0.4) is 0 Å². The highest BCUT2D eigenvalue weighted by Crippen LogP contribution is 2.38. The van der Waals surface area contributed by atoms with Gasteiger partial charge >= 0.3 is 0 Å². The lowest BCUT2D eigenvalue weighted by Crippen LogP contribution is -2.65. The Morgan fingerprint density at radius 2 is 1.94 bits per heavy atom. The lowest BCUT2D eigenvalue weighted by atomic mass is 9.78. The Morgan fingerprint density at radius 3 is 2.58 bits per heavy atom. The van der Waals surface area contributed by atoms with E-state index in [2.05, 4.69) is 28.4 Å². The second kappa shape index (κ2) is 7.94. The van der Waals surface area contributed by atoms with Gasteiger partial charge in [0.2, 0.25) is 0 Å². The molecule has 3 heterocycles. The number of rotatable bonds is 7. The van der Waals surface area contributed by atoms with E-state index in [1.807, 2.05) is 48.7 Å². The highest BCUT2D eigenvalue weighted by Gasteiger charge is 2.48. The van der Waals surface area contributed by atoms with Crippen molar-refractivity contribution in [2.24, 2.45) is 12.5 Å². The standard InChI is InChI=1S/C25H27N3O3/c1-3-18-4-5-20(13-29)23(10-18)31-21-8-6-19(7-9-21)22-11-26-24(27(22)2)12-28-14-25(15-28)16-30-17-25/h4-11,13H,3,12,14-17H2,1-2H3. The molecule has 0 unspecified atom stereocenters. The number of likely N-dealkylation sites (tertiary alicyclic amines) is 1. The Labute approximate surface area is 182 Å². The van der Waals surface area contributed by atoms with Crippen molar-refractivity contribution in [3.8, 4) is 22.8 Å². The normalized spacial score (nSPS) is 17.2. The first-order valence-electron chi connectivity index (χ1n) is 10.8. The van der Waals surface area contributed by atoms with Gasteiger partial charge in [-0.15, -0.1) is 0 Å². The van der Waals surface area contributed by atoms with Crippen LogP contribution in [0, 0.1) is 5.41 Å². The first-order valence-corrected chi connectivity index (χ1v) is 10.8. The predicted molar refractivity (Wildman–Crippen MR) is 118 cm³/mol. The van der Waals surface area contributed by atoms with Crippen molar-refractivity contribution in [1.82, 2.24) is 14.5 Å². The monoisotopic (exact) mass is 417 g/mol. The third kappa shape index (κ3) is 3.77. The van der Waals surface area contributed by atoms with Gasteiger partial charge in [-0.2, -0.15) is 0 Å². The summed E-state index contributed by atoms with van der Waals surface area (Å²) in [5.41, 5.74) is 4.27. The summed E-state index contributed by atoms with van der Waals surface area (Å²) in [6.07, 6.45) is 3.66. The molecule has 160 valence electrons. The molecular weight excluding hydrogens is 390 g/mol. The third-order valence-corrected chi connectivity index (χ3v) is 6.38. The first-order chi connectivity index (χ1) is 15.1. The van der Waals surface area contributed by atoms with Gasteiger partial charge in [0.25, 0.3) is 0 Å². The van der Waals surface area contributed by atoms with Crippen LogP contribution < -0.4 is 4.74 Å². The van der Waals surface area contributed by atoms with Crippen LogP contribution in [0.1, 0.15) is 28.7 Å². The zero-order chi connectivity index (χ0) is 21.4. The van der Waals surface area contributed by atoms with Crippen LogP contribution in [0.25, 0.3) is 11.3 Å². The summed E-state index contributed by atoms with van der Waals surface area (Å²) in [7, 11) is 2.07. The number of aromatic nitrogens is 2. The lowest BCUT2D eigenvalue weighted by molar-refractivity contribution is -0.191. The number of aryl methyl sites for hydroxylation is 1. The number of ether oxygens (including phenoxy) is 2. The molecule has 0 N–H and O–H groups in total. The van der Waals surface area contributed by atoms with Crippen molar-refractivity contribution >= 4 is 6.29 Å². The molecule has 5 rings (SSSR count). The number of hydrogen-bond donors (Lipinski definition) is 0. The van der Waals surface area contributed by atoms with Gasteiger partial charge in [-0.25, -0.2) is 4.98 Å². The van der Waals surface area contributed by atoms with Crippen molar-refractivity contribution in [1.29, 1.82) is 0 Å². The van der Waals surface area contributed by atoms with Crippen molar-refractivity contribution in [3.05, 3.63) is 65.6 Å². The van der Waals surface area contributed by atoms with Crippen LogP contribution in [-0.2, 0) is 24.8 Å². The van der Waals surface area contributed by atoms with E-state index in [0.29, 0.717) is 22.5 Å². The summed E-state index contributed by atoms with van der Waals surface area (Å²) in [6.45, 7) is 6.95. The average Bonchev–Trinajstić information content (AvgIpc) is 3.09. The molecule has 0 saturated carbocycles. The molecule has 2 aliphatic rings. The fourth-order valence-corrected chi connectivity index (χ4v) is 4.46. The topological polar surface area (TPSA) is 56.6 Å². The summed E-state index contributed by atoms with van der Waals surface area (Å²) in [5, 5.41) is 0. The number of imidazole rings is 1. The predicted octanol–water partition coefficient (Wildman–Crippen LogP) is 4.09. The fourth-order valence-electron chi connectivity index (χ4n) is 4.46. The van der Waals surface area contributed by atoms with Crippen LogP contribution in [0.5, 0.6) is 11.5 Å². The van der Waals surface area contributed by atoms with Crippen molar-refractivity contribution < 1.29 is 14.3 Å². The molecule has 2 fully saturated rings. The molecule has 6 heteroatoms. The maximum absolute atomic E-state index is 11.4. The van der Waals surface area contributed by atoms with Gasteiger partial charge in [0.1, 0.15) is 17.3 Å². The maximum Gasteiger partial charge on any atom is 0.153 e. The van der Waals surface area contributed by atoms with Crippen molar-refractivity contribution in [2.75, 3.05) is 26.3 Å². The molecule has 6 nitrogen and oxygen atoms in total. The zero-order valence-electron chi connectivity index (χ0n) is 18.0.